The van der Waals surface area contributed by atoms with Crippen LogP contribution in [-0.4, -0.2) is 66.6 Å². The summed E-state index contributed by atoms with van der Waals surface area (Å²) in [6.07, 6.45) is 8.76. The van der Waals surface area contributed by atoms with Crippen LogP contribution in [0.3, 0.4) is 0 Å². The van der Waals surface area contributed by atoms with Crippen LogP contribution in [0.1, 0.15) is 5.82 Å². The molecule has 0 spiro atoms. The highest BCUT2D eigenvalue weighted by Crippen LogP contribution is 2.40. The van der Waals surface area contributed by atoms with Crippen molar-refractivity contribution < 1.29 is 28.9 Å². The number of pyridine rings is 1. The van der Waals surface area contributed by atoms with Gasteiger partial charge in [-0.1, -0.05) is 17.1 Å². The summed E-state index contributed by atoms with van der Waals surface area (Å²) in [7, 11) is 0. The van der Waals surface area contributed by atoms with Crippen LogP contribution >= 0.6 is 23.3 Å². The summed E-state index contributed by atoms with van der Waals surface area (Å²) >= 11 is 2.22. The number of fused-ring (bicyclic) bond motifs is 1. The summed E-state index contributed by atoms with van der Waals surface area (Å²) in [5.41, 5.74) is 5.81. The average Bonchev–Trinajstić information content (AvgIpc) is 3.26. The van der Waals surface area contributed by atoms with E-state index in [9.17, 15) is 19.5 Å². The molecule has 1 fully saturated rings. The molecule has 0 aromatic carbocycles. The van der Waals surface area contributed by atoms with Gasteiger partial charge in [-0.3, -0.25) is 14.5 Å². The van der Waals surface area contributed by atoms with Gasteiger partial charge in [0.2, 0.25) is 11.5 Å². The number of hydrogen-bond acceptors (Lipinski definition) is 10. The topological polar surface area (TPSA) is 164 Å². The Morgan fingerprint density at radius 1 is 1.41 bits per heavy atom. The summed E-state index contributed by atoms with van der Waals surface area (Å²) in [5.74, 6) is -0.0226. The molecular formula is C20H18N7O5S2+. The van der Waals surface area contributed by atoms with E-state index in [4.69, 9.17) is 17.0 Å². The number of hydrogen-bond donors (Lipinski definition) is 3. The van der Waals surface area contributed by atoms with Crippen LogP contribution in [0.25, 0.3) is 0 Å². The largest absolute Gasteiger partial charge is 0.477 e. The number of nitrogens with two attached hydrogens (primary N) is 1. The minimum Gasteiger partial charge on any atom is -0.477 e. The highest BCUT2D eigenvalue weighted by Gasteiger charge is 2.54. The van der Waals surface area contributed by atoms with Crippen LogP contribution in [0, 0.1) is 12.3 Å². The first kappa shape index (κ1) is 23.2. The van der Waals surface area contributed by atoms with Crippen LogP contribution in [0.15, 0.2) is 47.0 Å². The van der Waals surface area contributed by atoms with Crippen molar-refractivity contribution in [3.8, 4) is 12.3 Å². The van der Waals surface area contributed by atoms with E-state index in [1.165, 1.54) is 16.7 Å². The molecule has 0 aliphatic carbocycles. The number of carbonyl (C=O) groups is 3. The summed E-state index contributed by atoms with van der Waals surface area (Å²) in [4.78, 5) is 47.9. The summed E-state index contributed by atoms with van der Waals surface area (Å²) in [6.45, 7) is 0.128. The zero-order valence-electron chi connectivity index (χ0n) is 17.5. The number of carboxylic acids is 1. The van der Waals surface area contributed by atoms with E-state index in [0.717, 1.165) is 11.5 Å². The zero-order chi connectivity index (χ0) is 24.2. The predicted octanol–water partition coefficient (Wildman–Crippen LogP) is -0.799. The fourth-order valence-electron chi connectivity index (χ4n) is 3.42. The monoisotopic (exact) mass is 500 g/mol. The number of rotatable bonds is 8. The number of amides is 2. The molecule has 2 aliphatic rings. The first-order valence-corrected chi connectivity index (χ1v) is 11.6. The minimum absolute atomic E-state index is 0.0733. The number of oxime groups is 1. The second-order valence-corrected chi connectivity index (χ2v) is 8.93. The van der Waals surface area contributed by atoms with Crippen LogP contribution in [0.4, 0.5) is 5.13 Å². The highest BCUT2D eigenvalue weighted by atomic mass is 32.2. The Balaban J connectivity index is 1.53. The number of thioether (sulfide) groups is 1. The smallest absolute Gasteiger partial charge is 0.352 e. The van der Waals surface area contributed by atoms with Crippen LogP contribution in [0.2, 0.25) is 0 Å². The molecule has 2 atom stereocenters. The number of nitrogens with zero attached hydrogens (tertiary/aromatic N) is 5. The number of carboxylic acid groups (broad SMARTS) is 1. The van der Waals surface area contributed by atoms with E-state index in [1.807, 2.05) is 35.2 Å². The maximum atomic E-state index is 12.9. The lowest BCUT2D eigenvalue weighted by atomic mass is 10.0. The van der Waals surface area contributed by atoms with Crippen molar-refractivity contribution in [2.75, 3.05) is 18.1 Å². The third-order valence-electron chi connectivity index (χ3n) is 4.86. The third kappa shape index (κ3) is 4.56. The van der Waals surface area contributed by atoms with Crippen LogP contribution < -0.4 is 15.6 Å². The third-order valence-corrected chi connectivity index (χ3v) is 6.74. The molecule has 2 amide bonds. The Morgan fingerprint density at radius 3 is 2.82 bits per heavy atom. The molecule has 1 unspecified atom stereocenters. The Bertz CT molecular complexity index is 1240. The van der Waals surface area contributed by atoms with Crippen molar-refractivity contribution in [1.82, 2.24) is 19.6 Å². The van der Waals surface area contributed by atoms with Crippen molar-refractivity contribution in [3.05, 3.63) is 47.7 Å². The van der Waals surface area contributed by atoms with E-state index < -0.39 is 29.2 Å². The van der Waals surface area contributed by atoms with Gasteiger partial charge in [0.15, 0.2) is 30.7 Å². The molecule has 14 heteroatoms. The minimum atomic E-state index is -1.21. The van der Waals surface area contributed by atoms with Gasteiger partial charge in [-0.2, -0.15) is 9.36 Å². The number of terminal acetylenes is 1. The number of nitrogens with one attached hydrogen (secondary N) is 1. The Labute approximate surface area is 201 Å². The lowest BCUT2D eigenvalue weighted by molar-refractivity contribution is -0.689. The van der Waals surface area contributed by atoms with Crippen molar-refractivity contribution in [1.29, 1.82) is 0 Å². The SMILES string of the molecule is C#CCO/N=C(/C(=O)NC1C(=O)N2C(C(=O)O)=C(C[n+]3ccccc3)CS[C@H]12)c1nsc(N)n1. The van der Waals surface area contributed by atoms with Gasteiger partial charge in [-0.05, 0) is 0 Å². The standard InChI is InChI=1S/C20H17N7O5S2/c1-2-8-32-24-12(15-23-20(21)34-25-15)16(28)22-13-17(29)27-14(19(30)31)11(10-33-18(13)27)9-26-6-4-3-5-7-26/h1,3-7,13,18H,8-10H2,(H3-,21,22,23,25,28,30,31)/p+1/b24-12+/t13?,18-/m1/s1. The van der Waals surface area contributed by atoms with Gasteiger partial charge >= 0.3 is 5.97 Å². The van der Waals surface area contributed by atoms with Gasteiger partial charge in [-0.15, -0.1) is 18.2 Å². The van der Waals surface area contributed by atoms with Gasteiger partial charge in [0.1, 0.15) is 17.1 Å². The van der Waals surface area contributed by atoms with Crippen molar-refractivity contribution >= 4 is 51.9 Å². The molecule has 2 aromatic rings. The fourth-order valence-corrected chi connectivity index (χ4v) is 5.19. The number of aromatic nitrogens is 3. The lowest BCUT2D eigenvalue weighted by Crippen LogP contribution is -2.71. The molecule has 174 valence electrons. The van der Waals surface area contributed by atoms with E-state index in [0.29, 0.717) is 17.9 Å². The first-order chi connectivity index (χ1) is 16.4. The van der Waals surface area contributed by atoms with Crippen molar-refractivity contribution in [3.63, 3.8) is 0 Å². The number of anilines is 1. The van der Waals surface area contributed by atoms with E-state index in [-0.39, 0.29) is 29.0 Å². The molecule has 34 heavy (non-hydrogen) atoms. The van der Waals surface area contributed by atoms with Crippen molar-refractivity contribution in [2.45, 2.75) is 18.0 Å². The van der Waals surface area contributed by atoms with Crippen LogP contribution in [0.5, 0.6) is 0 Å². The quantitative estimate of drug-likeness (QED) is 0.105. The molecule has 4 heterocycles. The zero-order valence-corrected chi connectivity index (χ0v) is 19.1. The summed E-state index contributed by atoms with van der Waals surface area (Å²) < 4.78 is 5.77. The second-order valence-electron chi connectivity index (χ2n) is 7.04. The molecule has 1 saturated heterocycles. The number of β-lactam (4-membered cyclic amide) rings is 1. The lowest BCUT2D eigenvalue weighted by Gasteiger charge is -2.49. The van der Waals surface area contributed by atoms with E-state index >= 15 is 0 Å². The van der Waals surface area contributed by atoms with Gasteiger partial charge in [0.05, 0.1) is 0 Å². The molecular weight excluding hydrogens is 482 g/mol. The van der Waals surface area contributed by atoms with Gasteiger partial charge in [-0.25, -0.2) is 9.36 Å². The maximum Gasteiger partial charge on any atom is 0.352 e. The van der Waals surface area contributed by atoms with E-state index in [2.05, 4.69) is 25.8 Å². The molecule has 12 nitrogen and oxygen atoms in total. The summed E-state index contributed by atoms with van der Waals surface area (Å²) in [5, 5.41) is 15.6. The molecule has 0 radical (unpaired) electrons. The molecule has 4 rings (SSSR count). The fraction of sp³-hybridized carbons (Fsp3) is 0.250. The molecule has 0 bridgehead atoms. The summed E-state index contributed by atoms with van der Waals surface area (Å²) in [6, 6.07) is 4.55. The second kappa shape index (κ2) is 9.89. The normalized spacial score (nSPS) is 19.7. The molecule has 2 aromatic heterocycles. The highest BCUT2D eigenvalue weighted by molar-refractivity contribution is 8.00. The Morgan fingerprint density at radius 2 is 2.18 bits per heavy atom. The molecule has 0 saturated carbocycles. The first-order valence-electron chi connectivity index (χ1n) is 9.78. The molecule has 2 aliphatic heterocycles. The van der Waals surface area contributed by atoms with E-state index in [1.54, 1.807) is 0 Å². The van der Waals surface area contributed by atoms with Gasteiger partial charge in [0, 0.05) is 35.0 Å². The molecule has 4 N–H and O–H groups in total. The van der Waals surface area contributed by atoms with Crippen LogP contribution in [-0.2, 0) is 25.8 Å². The Kier molecular flexibility index (Phi) is 6.75. The van der Waals surface area contributed by atoms with Gasteiger partial charge < -0.3 is 21.0 Å². The maximum absolute atomic E-state index is 12.9. The Hall–Kier alpha value is -3.96. The number of nitrogen functional groups attached to an aromatic ring is 1. The van der Waals surface area contributed by atoms with Crippen molar-refractivity contribution in [2.24, 2.45) is 5.16 Å². The predicted molar refractivity (Wildman–Crippen MR) is 122 cm³/mol. The van der Waals surface area contributed by atoms with Gasteiger partial charge in [0.25, 0.3) is 11.8 Å². The number of aliphatic carboxylic acids is 1. The number of carbonyl (C=O) groups excluding carboxylic acids is 2. The average molecular weight is 501 g/mol.